The Morgan fingerprint density at radius 1 is 0.257 bits per heavy atom. The van der Waals surface area contributed by atoms with E-state index in [9.17, 15) is 0 Å². The van der Waals surface area contributed by atoms with Crippen LogP contribution >= 0.6 is 0 Å². The number of hydrogen-bond acceptors (Lipinski definition) is 11. The van der Waals surface area contributed by atoms with Gasteiger partial charge in [-0.1, -0.05) is 0 Å². The molecule has 0 amide bonds. The molecule has 0 aromatic carbocycles. The standard InChI is InChI=1S/C13H27NO5.C11H23NO4/c1-14-2-4-15-6-8-17-10-12-19-13-11-18-9-7-16-5-3-14;1-12-2-4-13-6-8-15-10-11-16-9-7-14-5-3-12/h2-13H2,1H3;2-11H2,1H3. The molecule has 2 saturated heterocycles. The van der Waals surface area contributed by atoms with Gasteiger partial charge in [0.2, 0.25) is 0 Å². The first kappa shape index (κ1) is 32.6. The molecule has 2 aliphatic rings. The summed E-state index contributed by atoms with van der Waals surface area (Å²) in [6, 6.07) is 0. The first-order valence-corrected chi connectivity index (χ1v) is 12.9. The summed E-state index contributed by atoms with van der Waals surface area (Å²) in [5.74, 6) is 0. The van der Waals surface area contributed by atoms with E-state index in [0.717, 1.165) is 52.6 Å². The Kier molecular flexibility index (Phi) is 24.8. The minimum Gasteiger partial charge on any atom is -0.378 e. The molecular formula is C24H50N2O9. The Morgan fingerprint density at radius 3 is 0.571 bits per heavy atom. The number of ether oxygens (including phenoxy) is 9. The van der Waals surface area contributed by atoms with Crippen LogP contribution in [0.4, 0.5) is 0 Å². The first-order chi connectivity index (χ1) is 17.3. The predicted octanol–water partition coefficient (Wildman–Crippen LogP) is 0.0130. The quantitative estimate of drug-likeness (QED) is 0.442. The van der Waals surface area contributed by atoms with Crippen molar-refractivity contribution in [3.63, 3.8) is 0 Å². The van der Waals surface area contributed by atoms with Crippen molar-refractivity contribution < 1.29 is 42.6 Å². The van der Waals surface area contributed by atoms with Gasteiger partial charge in [0.05, 0.1) is 119 Å². The molecule has 0 aromatic heterocycles. The van der Waals surface area contributed by atoms with Gasteiger partial charge in [-0.3, -0.25) is 0 Å². The minimum atomic E-state index is 0.600. The number of hydrogen-bond donors (Lipinski definition) is 0. The largest absolute Gasteiger partial charge is 0.378 e. The second kappa shape index (κ2) is 26.6. The van der Waals surface area contributed by atoms with E-state index in [2.05, 4.69) is 23.9 Å². The minimum absolute atomic E-state index is 0.600. The fourth-order valence-electron chi connectivity index (χ4n) is 2.85. The van der Waals surface area contributed by atoms with Crippen molar-refractivity contribution in [1.29, 1.82) is 0 Å². The number of likely N-dealkylation sites (N-methyl/N-ethyl adjacent to an activating group) is 2. The molecule has 0 aromatic rings. The van der Waals surface area contributed by atoms with Crippen LogP contribution in [0.3, 0.4) is 0 Å². The summed E-state index contributed by atoms with van der Waals surface area (Å²) in [6.45, 7) is 15.4. The van der Waals surface area contributed by atoms with Crippen molar-refractivity contribution >= 4 is 0 Å². The van der Waals surface area contributed by atoms with Gasteiger partial charge in [-0.15, -0.1) is 0 Å². The van der Waals surface area contributed by atoms with Gasteiger partial charge in [0, 0.05) is 26.2 Å². The van der Waals surface area contributed by atoms with Crippen LogP contribution in [0.5, 0.6) is 0 Å². The summed E-state index contributed by atoms with van der Waals surface area (Å²) < 4.78 is 48.6. The van der Waals surface area contributed by atoms with Crippen LogP contribution in [-0.4, -0.2) is 169 Å². The molecule has 0 aliphatic carbocycles. The highest BCUT2D eigenvalue weighted by Crippen LogP contribution is 1.90. The number of rotatable bonds is 0. The van der Waals surface area contributed by atoms with Crippen LogP contribution in [0.15, 0.2) is 0 Å². The monoisotopic (exact) mass is 510 g/mol. The molecule has 2 heterocycles. The molecule has 0 atom stereocenters. The van der Waals surface area contributed by atoms with Gasteiger partial charge < -0.3 is 52.4 Å². The van der Waals surface area contributed by atoms with Crippen LogP contribution < -0.4 is 0 Å². The second-order valence-electron chi connectivity index (χ2n) is 8.12. The van der Waals surface area contributed by atoms with Crippen molar-refractivity contribution in [1.82, 2.24) is 9.80 Å². The summed E-state index contributed by atoms with van der Waals surface area (Å²) in [5.41, 5.74) is 0. The van der Waals surface area contributed by atoms with Crippen molar-refractivity contribution in [2.24, 2.45) is 0 Å². The topological polar surface area (TPSA) is 89.6 Å². The van der Waals surface area contributed by atoms with E-state index in [0.29, 0.717) is 92.5 Å². The van der Waals surface area contributed by atoms with Crippen molar-refractivity contribution in [2.45, 2.75) is 0 Å². The van der Waals surface area contributed by atoms with Gasteiger partial charge in [0.15, 0.2) is 0 Å². The van der Waals surface area contributed by atoms with E-state index in [1.807, 2.05) is 0 Å². The SMILES string of the molecule is CN1CCOCCOCCOCCOCC1.CN1CCOCCOCCOCCOCCOCC1. The summed E-state index contributed by atoms with van der Waals surface area (Å²) in [4.78, 5) is 4.39. The van der Waals surface area contributed by atoms with Gasteiger partial charge >= 0.3 is 0 Å². The molecule has 35 heavy (non-hydrogen) atoms. The summed E-state index contributed by atoms with van der Waals surface area (Å²) >= 11 is 0. The fourth-order valence-corrected chi connectivity index (χ4v) is 2.85. The van der Waals surface area contributed by atoms with E-state index >= 15 is 0 Å². The number of nitrogens with zero attached hydrogens (tertiary/aromatic N) is 2. The fraction of sp³-hybridized carbons (Fsp3) is 1.00. The molecule has 2 aliphatic heterocycles. The van der Waals surface area contributed by atoms with Crippen molar-refractivity contribution in [2.75, 3.05) is 159 Å². The Balaban J connectivity index is 0.000000355. The lowest BCUT2D eigenvalue weighted by Gasteiger charge is -2.17. The van der Waals surface area contributed by atoms with Crippen molar-refractivity contribution in [3.8, 4) is 0 Å². The third-order valence-electron chi connectivity index (χ3n) is 5.07. The molecular weight excluding hydrogens is 460 g/mol. The Hall–Kier alpha value is -0.440. The lowest BCUT2D eigenvalue weighted by molar-refractivity contribution is -0.0172. The Morgan fingerprint density at radius 2 is 0.400 bits per heavy atom. The van der Waals surface area contributed by atoms with Gasteiger partial charge in [-0.05, 0) is 14.1 Å². The molecule has 0 N–H and O–H groups in total. The smallest absolute Gasteiger partial charge is 0.0701 e. The molecule has 11 heteroatoms. The highest BCUT2D eigenvalue weighted by atomic mass is 16.6. The molecule has 2 rings (SSSR count). The van der Waals surface area contributed by atoms with E-state index < -0.39 is 0 Å². The summed E-state index contributed by atoms with van der Waals surface area (Å²) in [5, 5.41) is 0. The van der Waals surface area contributed by atoms with Crippen LogP contribution in [-0.2, 0) is 42.6 Å². The van der Waals surface area contributed by atoms with Gasteiger partial charge in [0.1, 0.15) is 0 Å². The molecule has 2 fully saturated rings. The lowest BCUT2D eigenvalue weighted by Crippen LogP contribution is -2.28. The summed E-state index contributed by atoms with van der Waals surface area (Å²) in [7, 11) is 4.13. The molecule has 0 radical (unpaired) electrons. The third kappa shape index (κ3) is 25.0. The van der Waals surface area contributed by atoms with Crippen LogP contribution in [0.2, 0.25) is 0 Å². The van der Waals surface area contributed by atoms with E-state index in [-0.39, 0.29) is 0 Å². The van der Waals surface area contributed by atoms with Crippen LogP contribution in [0.1, 0.15) is 0 Å². The van der Waals surface area contributed by atoms with Crippen LogP contribution in [0, 0.1) is 0 Å². The molecule has 0 unspecified atom stereocenters. The molecule has 210 valence electrons. The van der Waals surface area contributed by atoms with Gasteiger partial charge in [-0.2, -0.15) is 0 Å². The van der Waals surface area contributed by atoms with Gasteiger partial charge in [-0.25, -0.2) is 0 Å². The van der Waals surface area contributed by atoms with Gasteiger partial charge in [0.25, 0.3) is 0 Å². The zero-order chi connectivity index (χ0) is 25.1. The highest BCUT2D eigenvalue weighted by Gasteiger charge is 2.01. The average Bonchev–Trinajstić information content (AvgIpc) is 2.86. The van der Waals surface area contributed by atoms with E-state index in [1.54, 1.807) is 0 Å². The van der Waals surface area contributed by atoms with E-state index in [4.69, 9.17) is 42.6 Å². The summed E-state index contributed by atoms with van der Waals surface area (Å²) in [6.07, 6.45) is 0. The Labute approximate surface area is 212 Å². The maximum atomic E-state index is 5.48. The van der Waals surface area contributed by atoms with Crippen molar-refractivity contribution in [3.05, 3.63) is 0 Å². The first-order valence-electron chi connectivity index (χ1n) is 12.9. The third-order valence-corrected chi connectivity index (χ3v) is 5.07. The molecule has 0 bridgehead atoms. The average molecular weight is 511 g/mol. The molecule has 0 spiro atoms. The highest BCUT2D eigenvalue weighted by molar-refractivity contribution is 4.51. The normalized spacial score (nSPS) is 24.5. The zero-order valence-electron chi connectivity index (χ0n) is 22.1. The predicted molar refractivity (Wildman–Crippen MR) is 132 cm³/mol. The van der Waals surface area contributed by atoms with E-state index in [1.165, 1.54) is 0 Å². The maximum absolute atomic E-state index is 5.48. The second-order valence-corrected chi connectivity index (χ2v) is 8.12. The lowest BCUT2D eigenvalue weighted by atomic mass is 10.5. The maximum Gasteiger partial charge on any atom is 0.0701 e. The Bertz CT molecular complexity index is 390. The molecule has 11 nitrogen and oxygen atoms in total. The van der Waals surface area contributed by atoms with Crippen LogP contribution in [0.25, 0.3) is 0 Å². The molecule has 0 saturated carbocycles. The zero-order valence-corrected chi connectivity index (χ0v) is 22.1.